The van der Waals surface area contributed by atoms with Crippen LogP contribution in [0, 0.1) is 5.41 Å². The van der Waals surface area contributed by atoms with Crippen molar-refractivity contribution in [3.05, 3.63) is 0 Å². The Bertz CT molecular complexity index is 326. The summed E-state index contributed by atoms with van der Waals surface area (Å²) in [6.45, 7) is 5.78. The number of amides is 1. The van der Waals surface area contributed by atoms with Gasteiger partial charge in [0, 0.05) is 44.2 Å². The zero-order chi connectivity index (χ0) is 12.0. The van der Waals surface area contributed by atoms with E-state index in [1.54, 1.807) is 0 Å². The second-order valence-corrected chi connectivity index (χ2v) is 6.02. The zero-order valence-electron chi connectivity index (χ0n) is 10.5. The molecule has 3 unspecified atom stereocenters. The number of nitrogens with two attached hydrogens (primary N) is 1. The van der Waals surface area contributed by atoms with Crippen molar-refractivity contribution in [1.29, 1.82) is 0 Å². The number of primary amides is 1. The van der Waals surface area contributed by atoms with Crippen molar-refractivity contribution in [3.8, 4) is 0 Å². The van der Waals surface area contributed by atoms with E-state index in [0.717, 1.165) is 39.1 Å². The lowest BCUT2D eigenvalue weighted by molar-refractivity contribution is -0.120. The Hall–Kier alpha value is -0.650. The summed E-state index contributed by atoms with van der Waals surface area (Å²) in [6, 6.07) is 0.459. The summed E-state index contributed by atoms with van der Waals surface area (Å²) in [4.78, 5) is 16.1. The van der Waals surface area contributed by atoms with Gasteiger partial charge >= 0.3 is 0 Å². The minimum absolute atomic E-state index is 0.0822. The van der Waals surface area contributed by atoms with Gasteiger partial charge in [-0.2, -0.15) is 0 Å². The van der Waals surface area contributed by atoms with E-state index >= 15 is 0 Å². The molecule has 0 aromatic rings. The molecule has 2 heterocycles. The molecule has 0 aromatic carbocycles. The fourth-order valence-corrected chi connectivity index (χ4v) is 3.39. The van der Waals surface area contributed by atoms with Crippen molar-refractivity contribution in [2.75, 3.05) is 39.8 Å². The van der Waals surface area contributed by atoms with Crippen molar-refractivity contribution in [1.82, 2.24) is 15.1 Å². The zero-order valence-corrected chi connectivity index (χ0v) is 10.5. The van der Waals surface area contributed by atoms with Crippen LogP contribution in [-0.2, 0) is 4.79 Å². The van der Waals surface area contributed by atoms with Crippen LogP contribution in [0.1, 0.15) is 12.8 Å². The Morgan fingerprint density at radius 2 is 2.06 bits per heavy atom. The fraction of sp³-hybridized carbons (Fsp3) is 0.917. The van der Waals surface area contributed by atoms with E-state index in [9.17, 15) is 4.79 Å². The average Bonchev–Trinajstić information content (AvgIpc) is 2.83. The molecule has 3 fully saturated rings. The van der Waals surface area contributed by atoms with E-state index in [-0.39, 0.29) is 11.9 Å². The van der Waals surface area contributed by atoms with Crippen LogP contribution in [0.15, 0.2) is 0 Å². The standard InChI is InChI=1S/C12H22N4O/c1-15-2-4-16(5-3-15)8-12-6-9(11(13)17)14-10(12)7-12/h9-10,14H,2-8H2,1H3,(H2,13,17). The van der Waals surface area contributed by atoms with Gasteiger partial charge in [0.15, 0.2) is 0 Å². The molecule has 17 heavy (non-hydrogen) atoms. The van der Waals surface area contributed by atoms with Crippen LogP contribution in [0.5, 0.6) is 0 Å². The summed E-state index contributed by atoms with van der Waals surface area (Å²) in [6.07, 6.45) is 2.17. The summed E-state index contributed by atoms with van der Waals surface area (Å²) in [5.41, 5.74) is 5.73. The van der Waals surface area contributed by atoms with Gasteiger partial charge in [-0.05, 0) is 19.9 Å². The third-order valence-electron chi connectivity index (χ3n) is 4.68. The molecule has 0 aromatic heterocycles. The Morgan fingerprint density at radius 1 is 1.35 bits per heavy atom. The molecule has 1 amide bonds. The van der Waals surface area contributed by atoms with Gasteiger partial charge < -0.3 is 20.9 Å². The number of nitrogens with one attached hydrogen (secondary N) is 1. The van der Waals surface area contributed by atoms with Gasteiger partial charge in [-0.1, -0.05) is 0 Å². The van der Waals surface area contributed by atoms with Gasteiger partial charge in [0.2, 0.25) is 5.91 Å². The number of likely N-dealkylation sites (N-methyl/N-ethyl adjacent to an activating group) is 1. The minimum Gasteiger partial charge on any atom is -0.368 e. The molecule has 2 aliphatic heterocycles. The average molecular weight is 238 g/mol. The van der Waals surface area contributed by atoms with E-state index in [1.165, 1.54) is 6.42 Å². The quantitative estimate of drug-likeness (QED) is 0.651. The molecule has 3 N–H and O–H groups in total. The van der Waals surface area contributed by atoms with E-state index in [4.69, 9.17) is 5.73 Å². The van der Waals surface area contributed by atoms with Crippen LogP contribution < -0.4 is 11.1 Å². The van der Waals surface area contributed by atoms with E-state index in [1.807, 2.05) is 0 Å². The highest BCUT2D eigenvalue weighted by molar-refractivity contribution is 5.80. The van der Waals surface area contributed by atoms with Crippen LogP contribution in [0.2, 0.25) is 0 Å². The largest absolute Gasteiger partial charge is 0.368 e. The fourth-order valence-electron chi connectivity index (χ4n) is 3.39. The first kappa shape index (κ1) is 11.4. The second kappa shape index (κ2) is 3.93. The van der Waals surface area contributed by atoms with Gasteiger partial charge in [0.1, 0.15) is 0 Å². The van der Waals surface area contributed by atoms with E-state index in [0.29, 0.717) is 11.5 Å². The predicted octanol–water partition coefficient (Wildman–Crippen LogP) is -1.16. The highest BCUT2D eigenvalue weighted by atomic mass is 16.1. The van der Waals surface area contributed by atoms with Crippen molar-refractivity contribution < 1.29 is 4.79 Å². The molecule has 96 valence electrons. The molecule has 1 saturated carbocycles. The third-order valence-corrected chi connectivity index (χ3v) is 4.68. The minimum atomic E-state index is -0.185. The van der Waals surface area contributed by atoms with Gasteiger partial charge in [-0.3, -0.25) is 4.79 Å². The van der Waals surface area contributed by atoms with Gasteiger partial charge in [-0.15, -0.1) is 0 Å². The number of piperidine rings is 1. The molecule has 5 heteroatoms. The number of hydrogen-bond donors (Lipinski definition) is 2. The summed E-state index contributed by atoms with van der Waals surface area (Å²) in [5, 5.41) is 3.35. The van der Waals surface area contributed by atoms with Crippen LogP contribution >= 0.6 is 0 Å². The predicted molar refractivity (Wildman–Crippen MR) is 65.5 cm³/mol. The maximum Gasteiger partial charge on any atom is 0.234 e. The first-order valence-electron chi connectivity index (χ1n) is 6.55. The van der Waals surface area contributed by atoms with Crippen molar-refractivity contribution in [3.63, 3.8) is 0 Å². The third kappa shape index (κ3) is 2.07. The van der Waals surface area contributed by atoms with Crippen LogP contribution in [0.4, 0.5) is 0 Å². The lowest BCUT2D eigenvalue weighted by atomic mass is 9.98. The van der Waals surface area contributed by atoms with Gasteiger partial charge in [-0.25, -0.2) is 0 Å². The van der Waals surface area contributed by atoms with Crippen LogP contribution in [0.25, 0.3) is 0 Å². The maximum absolute atomic E-state index is 11.2. The van der Waals surface area contributed by atoms with Crippen LogP contribution in [-0.4, -0.2) is 67.6 Å². The summed E-state index contributed by atoms with van der Waals surface area (Å²) >= 11 is 0. The summed E-state index contributed by atoms with van der Waals surface area (Å²) < 4.78 is 0. The number of rotatable bonds is 3. The van der Waals surface area contributed by atoms with Crippen molar-refractivity contribution in [2.24, 2.45) is 11.1 Å². The van der Waals surface area contributed by atoms with Crippen molar-refractivity contribution in [2.45, 2.75) is 24.9 Å². The lowest BCUT2D eigenvalue weighted by Crippen LogP contribution is -2.46. The first-order chi connectivity index (χ1) is 8.09. The Morgan fingerprint density at radius 3 is 2.65 bits per heavy atom. The first-order valence-corrected chi connectivity index (χ1v) is 6.55. The van der Waals surface area contributed by atoms with Gasteiger partial charge in [0.25, 0.3) is 0 Å². The molecular weight excluding hydrogens is 216 g/mol. The molecule has 3 atom stereocenters. The molecule has 5 nitrogen and oxygen atoms in total. The van der Waals surface area contributed by atoms with Crippen molar-refractivity contribution >= 4 is 5.91 Å². The molecular formula is C12H22N4O. The molecule has 3 aliphatic rings. The number of carbonyl (C=O) groups is 1. The second-order valence-electron chi connectivity index (χ2n) is 6.02. The number of nitrogens with zero attached hydrogens (tertiary/aromatic N) is 2. The molecule has 3 rings (SSSR count). The number of carbonyl (C=O) groups excluding carboxylic acids is 1. The summed E-state index contributed by atoms with van der Waals surface area (Å²) in [7, 11) is 2.18. The number of piperazine rings is 1. The van der Waals surface area contributed by atoms with E-state index in [2.05, 4.69) is 22.2 Å². The Balaban J connectivity index is 1.55. The molecule has 2 saturated heterocycles. The monoisotopic (exact) mass is 238 g/mol. The molecule has 0 spiro atoms. The number of hydrogen-bond acceptors (Lipinski definition) is 4. The highest BCUT2D eigenvalue weighted by Gasteiger charge is 2.61. The molecule has 0 bridgehead atoms. The maximum atomic E-state index is 11.2. The van der Waals surface area contributed by atoms with Crippen LogP contribution in [0.3, 0.4) is 0 Å². The smallest absolute Gasteiger partial charge is 0.234 e. The normalized spacial score (nSPS) is 42.4. The Kier molecular flexibility index (Phi) is 2.65. The lowest BCUT2D eigenvalue weighted by Gasteiger charge is -2.34. The Labute approximate surface area is 102 Å². The topological polar surface area (TPSA) is 61.6 Å². The molecule has 1 aliphatic carbocycles. The number of fused-ring (bicyclic) bond motifs is 1. The SMILES string of the molecule is CN1CCN(CC23CC(C(N)=O)NC2C3)CC1. The van der Waals surface area contributed by atoms with E-state index < -0.39 is 0 Å². The molecule has 0 radical (unpaired) electrons. The highest BCUT2D eigenvalue weighted by Crippen LogP contribution is 2.54. The van der Waals surface area contributed by atoms with Gasteiger partial charge in [0.05, 0.1) is 6.04 Å². The summed E-state index contributed by atoms with van der Waals surface area (Å²) in [5.74, 6) is -0.185.